The number of benzene rings is 1. The molecule has 0 bridgehead atoms. The number of thioether (sulfide) groups is 1. The zero-order valence-corrected chi connectivity index (χ0v) is 16.5. The van der Waals surface area contributed by atoms with Crippen LogP contribution in [-0.4, -0.2) is 34.6 Å². The molecule has 0 spiro atoms. The van der Waals surface area contributed by atoms with Gasteiger partial charge in [0.05, 0.1) is 6.61 Å². The van der Waals surface area contributed by atoms with E-state index < -0.39 is 23.0 Å². The highest BCUT2D eigenvalue weighted by Gasteiger charge is 2.52. The first-order chi connectivity index (χ1) is 13.8. The molecule has 0 saturated heterocycles. The highest BCUT2D eigenvalue weighted by molar-refractivity contribution is 8.01. The second-order valence-corrected chi connectivity index (χ2v) is 7.25. The van der Waals surface area contributed by atoms with Crippen LogP contribution < -0.4 is 0 Å². The smallest absolute Gasteiger partial charge is 0.462 e. The van der Waals surface area contributed by atoms with Crippen molar-refractivity contribution in [2.75, 3.05) is 6.61 Å². The lowest BCUT2D eigenvalue weighted by Crippen LogP contribution is -2.45. The number of nitrogens with zero attached hydrogens (tertiary/aromatic N) is 1. The molecule has 1 aromatic carbocycles. The Hall–Kier alpha value is -2.55. The average molecular weight is 427 g/mol. The molecule has 5 nitrogen and oxygen atoms in total. The van der Waals surface area contributed by atoms with Crippen LogP contribution in [0.3, 0.4) is 0 Å². The quantitative estimate of drug-likeness (QED) is 0.332. The molecule has 0 N–H and O–H groups in total. The zero-order chi connectivity index (χ0) is 21.3. The molecule has 156 valence electrons. The van der Waals surface area contributed by atoms with E-state index in [0.29, 0.717) is 18.2 Å². The molecule has 9 heteroatoms. The van der Waals surface area contributed by atoms with E-state index in [-0.39, 0.29) is 24.5 Å². The number of carbonyl (C=O) groups is 2. The minimum absolute atomic E-state index is 0.0778. The van der Waals surface area contributed by atoms with Crippen molar-refractivity contribution < 1.29 is 32.2 Å². The molecule has 0 aliphatic carbocycles. The Bertz CT molecular complexity index is 802. The van der Waals surface area contributed by atoms with E-state index in [1.54, 1.807) is 12.1 Å². The van der Waals surface area contributed by atoms with E-state index in [9.17, 15) is 22.8 Å². The number of esters is 2. The second-order valence-electron chi connectivity index (χ2n) is 5.97. The number of hydrogen-bond acceptors (Lipinski definition) is 6. The van der Waals surface area contributed by atoms with Crippen molar-refractivity contribution in [3.63, 3.8) is 0 Å². The Morgan fingerprint density at radius 3 is 2.31 bits per heavy atom. The number of pyridine rings is 1. The number of aryl methyl sites for hydroxylation is 1. The summed E-state index contributed by atoms with van der Waals surface area (Å²) < 4.78 is 48.4. The van der Waals surface area contributed by atoms with E-state index in [0.717, 1.165) is 5.56 Å². The summed E-state index contributed by atoms with van der Waals surface area (Å²) in [4.78, 5) is 26.1. The van der Waals surface area contributed by atoms with Gasteiger partial charge in [-0.25, -0.2) is 14.6 Å². The van der Waals surface area contributed by atoms with Crippen molar-refractivity contribution in [1.82, 2.24) is 4.98 Å². The Morgan fingerprint density at radius 2 is 1.72 bits per heavy atom. The third-order valence-electron chi connectivity index (χ3n) is 3.80. The van der Waals surface area contributed by atoms with E-state index >= 15 is 0 Å². The number of ether oxygens (including phenoxy) is 2. The topological polar surface area (TPSA) is 65.5 Å². The fourth-order valence-electron chi connectivity index (χ4n) is 2.50. The maximum absolute atomic E-state index is 12.9. The van der Waals surface area contributed by atoms with Crippen LogP contribution in [0.25, 0.3) is 0 Å². The first-order valence-corrected chi connectivity index (χ1v) is 9.70. The number of rotatable bonds is 9. The lowest BCUT2D eigenvalue weighted by molar-refractivity contribution is -0.211. The molecule has 0 aliphatic rings. The highest BCUT2D eigenvalue weighted by atomic mass is 32.2. The standard InChI is InChI=1S/C20H20F3NO4S/c1-2-27-17(25)19(28-18(26)20(21,22)23,29-16-12-6-7-14-24-16)13-8-11-15-9-4-3-5-10-15/h3-7,9-10,12,14H,2,8,11,13H2,1H3. The summed E-state index contributed by atoms with van der Waals surface area (Å²) in [6.45, 7) is 1.44. The van der Waals surface area contributed by atoms with Crippen molar-refractivity contribution in [3.05, 3.63) is 60.3 Å². The summed E-state index contributed by atoms with van der Waals surface area (Å²) in [6.07, 6.45) is -3.23. The Morgan fingerprint density at radius 1 is 1.03 bits per heavy atom. The van der Waals surface area contributed by atoms with Gasteiger partial charge in [-0.1, -0.05) is 36.4 Å². The van der Waals surface area contributed by atoms with Crippen LogP contribution in [0.5, 0.6) is 0 Å². The highest BCUT2D eigenvalue weighted by Crippen LogP contribution is 2.40. The summed E-state index contributed by atoms with van der Waals surface area (Å²) in [6, 6.07) is 14.0. The van der Waals surface area contributed by atoms with Gasteiger partial charge in [0.1, 0.15) is 5.03 Å². The molecule has 1 aromatic heterocycles. The van der Waals surface area contributed by atoms with Crippen molar-refractivity contribution >= 4 is 23.7 Å². The molecule has 2 rings (SSSR count). The predicted molar refractivity (Wildman–Crippen MR) is 101 cm³/mol. The lowest BCUT2D eigenvalue weighted by atomic mass is 10.1. The molecule has 0 fully saturated rings. The maximum Gasteiger partial charge on any atom is 0.490 e. The third kappa shape index (κ3) is 6.77. The molecule has 1 heterocycles. The normalized spacial score (nSPS) is 13.4. The third-order valence-corrected chi connectivity index (χ3v) is 5.03. The van der Waals surface area contributed by atoms with Crippen LogP contribution in [0, 0.1) is 0 Å². The van der Waals surface area contributed by atoms with E-state index in [1.807, 2.05) is 30.3 Å². The first kappa shape index (κ1) is 22.7. The van der Waals surface area contributed by atoms with Crippen molar-refractivity contribution in [2.24, 2.45) is 0 Å². The fraction of sp³-hybridized carbons (Fsp3) is 0.350. The van der Waals surface area contributed by atoms with Gasteiger partial charge in [-0.15, -0.1) is 0 Å². The summed E-state index contributed by atoms with van der Waals surface area (Å²) >= 11 is 0.635. The average Bonchev–Trinajstić information content (AvgIpc) is 2.69. The largest absolute Gasteiger partial charge is 0.490 e. The van der Waals surface area contributed by atoms with Crippen LogP contribution in [0.15, 0.2) is 59.8 Å². The number of halogens is 3. The molecule has 0 aliphatic heterocycles. The monoisotopic (exact) mass is 427 g/mol. The first-order valence-electron chi connectivity index (χ1n) is 8.88. The minimum atomic E-state index is -5.25. The number of alkyl halides is 3. The van der Waals surface area contributed by atoms with Gasteiger partial charge in [0.2, 0.25) is 0 Å². The zero-order valence-electron chi connectivity index (χ0n) is 15.6. The van der Waals surface area contributed by atoms with Crippen LogP contribution in [0.2, 0.25) is 0 Å². The van der Waals surface area contributed by atoms with Crippen LogP contribution >= 0.6 is 11.8 Å². The molecule has 0 amide bonds. The van der Waals surface area contributed by atoms with E-state index in [1.165, 1.54) is 19.2 Å². The minimum Gasteiger partial charge on any atom is -0.462 e. The molecule has 0 radical (unpaired) electrons. The molecule has 0 saturated carbocycles. The van der Waals surface area contributed by atoms with Gasteiger partial charge in [0, 0.05) is 12.6 Å². The predicted octanol–water partition coefficient (Wildman–Crippen LogP) is 4.56. The van der Waals surface area contributed by atoms with Gasteiger partial charge in [0.25, 0.3) is 4.93 Å². The lowest BCUT2D eigenvalue weighted by Gasteiger charge is -2.30. The van der Waals surface area contributed by atoms with Gasteiger partial charge in [0.15, 0.2) is 0 Å². The summed E-state index contributed by atoms with van der Waals surface area (Å²) in [5, 5.41) is 0.232. The fourth-order valence-corrected chi connectivity index (χ4v) is 3.61. The van der Waals surface area contributed by atoms with E-state index in [2.05, 4.69) is 4.98 Å². The Labute approximate surface area is 170 Å². The second kappa shape index (κ2) is 10.3. The number of carbonyl (C=O) groups excluding carboxylic acids is 2. The maximum atomic E-state index is 12.9. The summed E-state index contributed by atoms with van der Waals surface area (Å²) in [5.74, 6) is -3.50. The number of hydrogen-bond donors (Lipinski definition) is 0. The van der Waals surface area contributed by atoms with Crippen LogP contribution in [-0.2, 0) is 25.5 Å². The molecular weight excluding hydrogens is 407 g/mol. The summed E-state index contributed by atoms with van der Waals surface area (Å²) in [7, 11) is 0. The number of aromatic nitrogens is 1. The van der Waals surface area contributed by atoms with Gasteiger partial charge < -0.3 is 9.47 Å². The molecule has 29 heavy (non-hydrogen) atoms. The Balaban J connectivity index is 2.31. The molecule has 2 aromatic rings. The van der Waals surface area contributed by atoms with Crippen molar-refractivity contribution in [1.29, 1.82) is 0 Å². The molecule has 1 unspecified atom stereocenters. The SMILES string of the molecule is CCOC(=O)C(CCCc1ccccc1)(OC(=O)C(F)(F)F)Sc1ccccn1. The van der Waals surface area contributed by atoms with Crippen molar-refractivity contribution in [3.8, 4) is 0 Å². The molecular formula is C20H20F3NO4S. The van der Waals surface area contributed by atoms with Crippen LogP contribution in [0.1, 0.15) is 25.3 Å². The van der Waals surface area contributed by atoms with Gasteiger partial charge in [-0.3, -0.25) is 0 Å². The van der Waals surface area contributed by atoms with E-state index in [4.69, 9.17) is 9.47 Å². The Kier molecular flexibility index (Phi) is 8.07. The van der Waals surface area contributed by atoms with Crippen LogP contribution in [0.4, 0.5) is 13.2 Å². The van der Waals surface area contributed by atoms with Gasteiger partial charge >= 0.3 is 18.1 Å². The van der Waals surface area contributed by atoms with Gasteiger partial charge in [-0.2, -0.15) is 13.2 Å². The molecule has 1 atom stereocenters. The van der Waals surface area contributed by atoms with Gasteiger partial charge in [-0.05, 0) is 49.2 Å². The summed E-state index contributed by atoms with van der Waals surface area (Å²) in [5.41, 5.74) is 0.940. The van der Waals surface area contributed by atoms with Crippen molar-refractivity contribution in [2.45, 2.75) is 42.3 Å².